The molecule has 1 aliphatic rings. The monoisotopic (exact) mass is 573 g/mol. The highest BCUT2D eigenvalue weighted by molar-refractivity contribution is 7.46. The van der Waals surface area contributed by atoms with Crippen LogP contribution in [0.3, 0.4) is 0 Å². The summed E-state index contributed by atoms with van der Waals surface area (Å²) in [6.45, 7) is 2.10. The van der Waals surface area contributed by atoms with E-state index in [1.807, 2.05) is 22.8 Å². The van der Waals surface area contributed by atoms with E-state index in [-0.39, 0.29) is 23.2 Å². The molecule has 0 spiro atoms. The number of alkyl halides is 2. The largest absolute Gasteiger partial charge is 0.470 e. The Balaban J connectivity index is 1.37. The fraction of sp³-hybridized carbons (Fsp3) is 0.308. The van der Waals surface area contributed by atoms with Crippen LogP contribution >= 0.6 is 7.82 Å². The number of rotatable bonds is 8. The second-order valence-corrected chi connectivity index (χ2v) is 11.0. The lowest BCUT2D eigenvalue weighted by molar-refractivity contribution is -0.0503. The molecule has 0 saturated heterocycles. The lowest BCUT2D eigenvalue weighted by atomic mass is 10.1. The van der Waals surface area contributed by atoms with Crippen LogP contribution in [-0.4, -0.2) is 41.8 Å². The molecule has 210 valence electrons. The molecule has 11 nitrogen and oxygen atoms in total. The first-order valence-electron chi connectivity index (χ1n) is 12.3. The van der Waals surface area contributed by atoms with Gasteiger partial charge in [-0.3, -0.25) is 9.32 Å². The van der Waals surface area contributed by atoms with E-state index in [1.165, 1.54) is 26.0 Å². The molecule has 5 rings (SSSR count). The lowest BCUT2D eigenvalue weighted by Crippen LogP contribution is -2.28. The minimum atomic E-state index is -4.74. The average molecular weight is 573 g/mol. The number of halogens is 2. The number of fused-ring (bicyclic) bond motifs is 3. The van der Waals surface area contributed by atoms with E-state index in [2.05, 4.69) is 20.0 Å². The quantitative estimate of drug-likeness (QED) is 0.257. The van der Waals surface area contributed by atoms with Gasteiger partial charge in [0.15, 0.2) is 5.82 Å². The van der Waals surface area contributed by atoms with Crippen molar-refractivity contribution < 1.29 is 37.2 Å². The second kappa shape index (κ2) is 10.3. The highest BCUT2D eigenvalue weighted by Crippen LogP contribution is 2.44. The maximum absolute atomic E-state index is 13.0. The summed E-state index contributed by atoms with van der Waals surface area (Å²) in [6.07, 6.45) is 3.70. The minimum Gasteiger partial charge on any atom is -0.435 e. The van der Waals surface area contributed by atoms with Gasteiger partial charge < -0.3 is 24.4 Å². The van der Waals surface area contributed by atoms with Crippen LogP contribution in [0.4, 0.5) is 8.78 Å². The predicted molar refractivity (Wildman–Crippen MR) is 140 cm³/mol. The summed E-state index contributed by atoms with van der Waals surface area (Å²) in [4.78, 5) is 44.6. The zero-order chi connectivity index (χ0) is 28.8. The van der Waals surface area contributed by atoms with Gasteiger partial charge in [-0.2, -0.15) is 8.78 Å². The highest BCUT2D eigenvalue weighted by atomic mass is 31.2. The molecule has 14 heteroatoms. The average Bonchev–Trinajstić information content (AvgIpc) is 3.43. The van der Waals surface area contributed by atoms with Crippen molar-refractivity contribution in [3.8, 4) is 16.9 Å². The molecular weight excluding hydrogens is 547 g/mol. The van der Waals surface area contributed by atoms with Gasteiger partial charge in [0.25, 0.3) is 5.91 Å². The van der Waals surface area contributed by atoms with E-state index in [9.17, 15) is 18.1 Å². The summed E-state index contributed by atoms with van der Waals surface area (Å²) in [6, 6.07) is 9.70. The fourth-order valence-corrected chi connectivity index (χ4v) is 5.47. The van der Waals surface area contributed by atoms with Gasteiger partial charge in [-0.15, -0.1) is 0 Å². The number of phosphoric ester groups is 1. The maximum Gasteiger partial charge on any atom is 0.470 e. The van der Waals surface area contributed by atoms with Crippen LogP contribution in [0.1, 0.15) is 53.9 Å². The van der Waals surface area contributed by atoms with E-state index in [0.717, 1.165) is 16.6 Å². The van der Waals surface area contributed by atoms with E-state index >= 15 is 0 Å². The summed E-state index contributed by atoms with van der Waals surface area (Å²) in [7, 11) is -4.74. The molecule has 1 amide bonds. The van der Waals surface area contributed by atoms with Crippen LogP contribution in [0.5, 0.6) is 5.75 Å². The highest BCUT2D eigenvalue weighted by Gasteiger charge is 2.33. The zero-order valence-electron chi connectivity index (χ0n) is 21.7. The number of hydrogen-bond donors (Lipinski definition) is 3. The Morgan fingerprint density at radius 1 is 1.18 bits per heavy atom. The number of nitrogens with one attached hydrogen (secondary N) is 1. The van der Waals surface area contributed by atoms with Gasteiger partial charge >= 0.3 is 14.4 Å². The first-order valence-corrected chi connectivity index (χ1v) is 13.8. The molecule has 0 unspecified atom stereocenters. The number of nitrogens with zero attached hydrogens (tertiary/aromatic N) is 4. The summed E-state index contributed by atoms with van der Waals surface area (Å²) >= 11 is 0. The Morgan fingerprint density at radius 3 is 2.58 bits per heavy atom. The molecule has 0 aliphatic carbocycles. The van der Waals surface area contributed by atoms with Crippen molar-refractivity contribution in [1.82, 2.24) is 24.8 Å². The number of carbonyl (C=O) groups is 1. The molecular formula is C26H26F2N5O6P. The van der Waals surface area contributed by atoms with E-state index in [4.69, 9.17) is 19.3 Å². The topological polar surface area (TPSA) is 149 Å². The molecule has 0 bridgehead atoms. The van der Waals surface area contributed by atoms with Crippen LogP contribution in [-0.2, 0) is 21.2 Å². The first-order chi connectivity index (χ1) is 18.8. The molecule has 3 N–H and O–H groups in total. The van der Waals surface area contributed by atoms with Crippen molar-refractivity contribution >= 4 is 24.8 Å². The Hall–Kier alpha value is -3.77. The number of hydrogen-bond acceptors (Lipinski definition) is 7. The molecule has 3 heterocycles. The summed E-state index contributed by atoms with van der Waals surface area (Å²) in [5, 5.41) is 2.96. The Morgan fingerprint density at radius 2 is 1.90 bits per heavy atom. The third-order valence-electron chi connectivity index (χ3n) is 6.65. The third-order valence-corrected chi connectivity index (χ3v) is 7.35. The van der Waals surface area contributed by atoms with Crippen molar-refractivity contribution in [2.45, 2.75) is 52.0 Å². The summed E-state index contributed by atoms with van der Waals surface area (Å²) < 4.78 is 48.0. The molecule has 2 aromatic carbocycles. The SMILES string of the molecule is Cc1c(OC(F)F)cccc1C(=O)N[C@@H]1CCn2c1nc1ccc(-c3cnc(C(C)(C)OP(=O)(O)O)nc3)cc12. The van der Waals surface area contributed by atoms with E-state index in [1.54, 1.807) is 25.4 Å². The summed E-state index contributed by atoms with van der Waals surface area (Å²) in [5.74, 6) is 0.335. The van der Waals surface area contributed by atoms with Crippen LogP contribution in [0, 0.1) is 6.92 Å². The standard InChI is InChI=1S/C26H26F2N5O6P/c1-14-17(5-4-6-21(14)38-25(27)28)23(34)32-19-9-10-33-20-11-15(7-8-18(20)31-22(19)33)16-12-29-24(30-13-16)26(2,3)39-40(35,36)37/h4-8,11-13,19,25H,9-10H2,1-3H3,(H,32,34)(H2,35,36,37)/t19-/m1/s1. The molecule has 0 radical (unpaired) electrons. The van der Waals surface area contributed by atoms with E-state index in [0.29, 0.717) is 29.9 Å². The van der Waals surface area contributed by atoms with Gasteiger partial charge in [-0.05, 0) is 57.0 Å². The number of carbonyl (C=O) groups excluding carboxylic acids is 1. The number of aryl methyl sites for hydroxylation is 1. The maximum atomic E-state index is 13.0. The lowest BCUT2D eigenvalue weighted by Gasteiger charge is -2.23. The third kappa shape index (κ3) is 5.59. The van der Waals surface area contributed by atoms with Gasteiger partial charge in [0.2, 0.25) is 0 Å². The van der Waals surface area contributed by atoms with Crippen molar-refractivity contribution in [3.63, 3.8) is 0 Å². The number of ether oxygens (including phenoxy) is 1. The van der Waals surface area contributed by atoms with Crippen molar-refractivity contribution in [2.75, 3.05) is 0 Å². The number of aromatic nitrogens is 4. The predicted octanol–water partition coefficient (Wildman–Crippen LogP) is 4.62. The number of amides is 1. The van der Waals surface area contributed by atoms with Gasteiger partial charge in [0, 0.05) is 35.6 Å². The Bertz CT molecular complexity index is 1640. The van der Waals surface area contributed by atoms with Crippen LogP contribution in [0.25, 0.3) is 22.2 Å². The van der Waals surface area contributed by atoms with Crippen molar-refractivity contribution in [3.05, 3.63) is 71.6 Å². The molecule has 2 aromatic heterocycles. The number of benzene rings is 2. The molecule has 40 heavy (non-hydrogen) atoms. The first kappa shape index (κ1) is 27.8. The Labute approximate surface area is 227 Å². The van der Waals surface area contributed by atoms with Gasteiger partial charge in [0.05, 0.1) is 17.1 Å². The van der Waals surface area contributed by atoms with E-state index < -0.39 is 25.9 Å². The normalized spacial score (nSPS) is 15.4. The number of imidazole rings is 1. The van der Waals surface area contributed by atoms with Gasteiger partial charge in [0.1, 0.15) is 17.2 Å². The minimum absolute atomic E-state index is 0.0521. The van der Waals surface area contributed by atoms with Crippen LogP contribution < -0.4 is 10.1 Å². The molecule has 0 saturated carbocycles. The van der Waals surface area contributed by atoms with Crippen LogP contribution in [0.15, 0.2) is 48.8 Å². The van der Waals surface area contributed by atoms with Gasteiger partial charge in [-0.25, -0.2) is 19.5 Å². The summed E-state index contributed by atoms with van der Waals surface area (Å²) in [5.41, 5.74) is 2.22. The van der Waals surface area contributed by atoms with Crippen molar-refractivity contribution in [2.24, 2.45) is 0 Å². The van der Waals surface area contributed by atoms with Crippen molar-refractivity contribution in [1.29, 1.82) is 0 Å². The van der Waals surface area contributed by atoms with Crippen LogP contribution in [0.2, 0.25) is 0 Å². The smallest absolute Gasteiger partial charge is 0.435 e. The molecule has 1 aliphatic heterocycles. The second-order valence-electron chi connectivity index (χ2n) is 9.83. The molecule has 1 atom stereocenters. The van der Waals surface area contributed by atoms with Gasteiger partial charge in [-0.1, -0.05) is 12.1 Å². The Kier molecular flexibility index (Phi) is 7.17. The zero-order valence-corrected chi connectivity index (χ0v) is 22.6. The molecule has 4 aromatic rings. The fourth-order valence-electron chi connectivity index (χ4n) is 4.79. The number of phosphoric acid groups is 1. The molecule has 0 fully saturated rings.